The van der Waals surface area contributed by atoms with Gasteiger partial charge < -0.3 is 11.5 Å². The van der Waals surface area contributed by atoms with Crippen LogP contribution in [0.1, 0.15) is 0 Å². The van der Waals surface area contributed by atoms with Crippen molar-refractivity contribution in [2.45, 2.75) is 0 Å². The van der Waals surface area contributed by atoms with E-state index in [1.165, 1.54) is 12.1 Å². The topological polar surface area (TPSA) is 64.9 Å². The van der Waals surface area contributed by atoms with Crippen LogP contribution in [0.2, 0.25) is 0 Å². The predicted molar refractivity (Wildman–Crippen MR) is 50.5 cm³/mol. The second kappa shape index (κ2) is 2.58. The first-order valence-electron chi connectivity index (χ1n) is 3.78. The number of nitrogen functional groups attached to an aromatic ring is 2. The van der Waals surface area contributed by atoms with Crippen LogP contribution in [0.4, 0.5) is 15.9 Å². The number of nitrogens with zero attached hydrogens (tertiary/aromatic N) is 1. The molecule has 0 aliphatic heterocycles. The maximum absolute atomic E-state index is 13.2. The third-order valence-electron chi connectivity index (χ3n) is 1.86. The highest BCUT2D eigenvalue weighted by atomic mass is 19.1. The summed E-state index contributed by atoms with van der Waals surface area (Å²) >= 11 is 0. The van der Waals surface area contributed by atoms with E-state index < -0.39 is 5.82 Å². The SMILES string of the molecule is Nc1ccc2c(N)ccc(F)c2n1. The van der Waals surface area contributed by atoms with Crippen LogP contribution in [0.25, 0.3) is 10.9 Å². The fourth-order valence-corrected chi connectivity index (χ4v) is 1.22. The highest BCUT2D eigenvalue weighted by Crippen LogP contribution is 2.22. The van der Waals surface area contributed by atoms with Gasteiger partial charge in [0.15, 0.2) is 0 Å². The number of aromatic nitrogens is 1. The Bertz CT molecular complexity index is 468. The summed E-state index contributed by atoms with van der Waals surface area (Å²) in [5.74, 6) is -0.117. The first-order valence-corrected chi connectivity index (χ1v) is 3.78. The van der Waals surface area contributed by atoms with Crippen molar-refractivity contribution in [2.75, 3.05) is 11.5 Å². The molecule has 0 amide bonds. The molecule has 4 N–H and O–H groups in total. The van der Waals surface area contributed by atoms with Crippen LogP contribution in [0.3, 0.4) is 0 Å². The number of benzene rings is 1. The smallest absolute Gasteiger partial charge is 0.149 e. The molecule has 0 spiro atoms. The van der Waals surface area contributed by atoms with E-state index >= 15 is 0 Å². The van der Waals surface area contributed by atoms with E-state index in [0.29, 0.717) is 11.1 Å². The summed E-state index contributed by atoms with van der Waals surface area (Å²) in [5.41, 5.74) is 11.8. The van der Waals surface area contributed by atoms with Gasteiger partial charge >= 0.3 is 0 Å². The van der Waals surface area contributed by atoms with Gasteiger partial charge in [-0.05, 0) is 24.3 Å². The average molecular weight is 177 g/mol. The molecule has 66 valence electrons. The van der Waals surface area contributed by atoms with Crippen molar-refractivity contribution in [3.63, 3.8) is 0 Å². The first-order chi connectivity index (χ1) is 6.18. The predicted octanol–water partition coefficient (Wildman–Crippen LogP) is 1.54. The second-order valence-corrected chi connectivity index (χ2v) is 2.77. The van der Waals surface area contributed by atoms with Gasteiger partial charge in [0.1, 0.15) is 17.2 Å². The minimum absolute atomic E-state index is 0.222. The number of pyridine rings is 1. The van der Waals surface area contributed by atoms with Crippen LogP contribution < -0.4 is 11.5 Å². The summed E-state index contributed by atoms with van der Waals surface area (Å²) in [5, 5.41) is 0.592. The molecule has 1 heterocycles. The summed E-state index contributed by atoms with van der Waals surface area (Å²) in [4.78, 5) is 3.86. The first kappa shape index (κ1) is 7.79. The number of fused-ring (bicyclic) bond motifs is 1. The van der Waals surface area contributed by atoms with Gasteiger partial charge in [-0.15, -0.1) is 0 Å². The molecule has 2 rings (SSSR count). The van der Waals surface area contributed by atoms with Gasteiger partial charge in [-0.1, -0.05) is 0 Å². The Balaban J connectivity index is 2.92. The van der Waals surface area contributed by atoms with E-state index in [1.54, 1.807) is 12.1 Å². The van der Waals surface area contributed by atoms with Crippen molar-refractivity contribution < 1.29 is 4.39 Å². The Kier molecular flexibility index (Phi) is 1.55. The monoisotopic (exact) mass is 177 g/mol. The molecule has 0 radical (unpaired) electrons. The van der Waals surface area contributed by atoms with Crippen molar-refractivity contribution >= 4 is 22.4 Å². The fraction of sp³-hybridized carbons (Fsp3) is 0. The van der Waals surface area contributed by atoms with Gasteiger partial charge in [-0.3, -0.25) is 0 Å². The molecular formula is C9H8FN3. The van der Waals surface area contributed by atoms with E-state index in [9.17, 15) is 4.39 Å². The molecule has 0 fully saturated rings. The Labute approximate surface area is 74.2 Å². The second-order valence-electron chi connectivity index (χ2n) is 2.77. The molecule has 0 bridgehead atoms. The lowest BCUT2D eigenvalue weighted by atomic mass is 10.2. The fourth-order valence-electron chi connectivity index (χ4n) is 1.22. The molecule has 3 nitrogen and oxygen atoms in total. The zero-order chi connectivity index (χ0) is 9.42. The summed E-state index contributed by atoms with van der Waals surface area (Å²) in [6.07, 6.45) is 0. The van der Waals surface area contributed by atoms with E-state index in [-0.39, 0.29) is 11.3 Å². The molecule has 4 heteroatoms. The van der Waals surface area contributed by atoms with Crippen LogP contribution in [0.5, 0.6) is 0 Å². The highest BCUT2D eigenvalue weighted by molar-refractivity contribution is 5.91. The molecule has 0 aliphatic carbocycles. The van der Waals surface area contributed by atoms with Crippen LogP contribution in [-0.4, -0.2) is 4.98 Å². The van der Waals surface area contributed by atoms with Crippen molar-refractivity contribution in [1.29, 1.82) is 0 Å². The van der Waals surface area contributed by atoms with Gasteiger partial charge in [0.05, 0.1) is 0 Å². The molecule has 0 atom stereocenters. The number of halogens is 1. The number of hydrogen-bond donors (Lipinski definition) is 2. The highest BCUT2D eigenvalue weighted by Gasteiger charge is 2.04. The molecule has 13 heavy (non-hydrogen) atoms. The number of anilines is 2. The zero-order valence-electron chi connectivity index (χ0n) is 6.79. The Morgan fingerprint density at radius 3 is 2.62 bits per heavy atom. The van der Waals surface area contributed by atoms with Crippen molar-refractivity contribution in [1.82, 2.24) is 4.98 Å². The van der Waals surface area contributed by atoms with Crippen LogP contribution >= 0.6 is 0 Å². The number of hydrogen-bond acceptors (Lipinski definition) is 3. The van der Waals surface area contributed by atoms with Gasteiger partial charge in [-0.2, -0.15) is 0 Å². The Morgan fingerprint density at radius 1 is 1.08 bits per heavy atom. The minimum atomic E-state index is -0.406. The number of nitrogens with two attached hydrogens (primary N) is 2. The number of rotatable bonds is 0. The Morgan fingerprint density at radius 2 is 1.85 bits per heavy atom. The van der Waals surface area contributed by atoms with Gasteiger partial charge in [0.25, 0.3) is 0 Å². The summed E-state index contributed by atoms with van der Waals surface area (Å²) < 4.78 is 13.2. The standard InChI is InChI=1S/C9H8FN3/c10-6-2-3-7(11)5-1-4-8(12)13-9(5)6/h1-4H,11H2,(H2,12,13). The molecular weight excluding hydrogens is 169 g/mol. The van der Waals surface area contributed by atoms with E-state index in [1.807, 2.05) is 0 Å². The lowest BCUT2D eigenvalue weighted by Crippen LogP contribution is -1.95. The van der Waals surface area contributed by atoms with E-state index in [4.69, 9.17) is 11.5 Å². The van der Waals surface area contributed by atoms with E-state index in [0.717, 1.165) is 0 Å². The zero-order valence-corrected chi connectivity index (χ0v) is 6.79. The molecule has 0 unspecified atom stereocenters. The van der Waals surface area contributed by atoms with Crippen LogP contribution in [-0.2, 0) is 0 Å². The van der Waals surface area contributed by atoms with E-state index in [2.05, 4.69) is 4.98 Å². The molecule has 1 aromatic heterocycles. The Hall–Kier alpha value is -1.84. The summed E-state index contributed by atoms with van der Waals surface area (Å²) in [6, 6.07) is 6.05. The lowest BCUT2D eigenvalue weighted by molar-refractivity contribution is 0.637. The molecule has 1 aromatic carbocycles. The minimum Gasteiger partial charge on any atom is -0.398 e. The molecule has 2 aromatic rings. The van der Waals surface area contributed by atoms with Crippen molar-refractivity contribution in [3.8, 4) is 0 Å². The third-order valence-corrected chi connectivity index (χ3v) is 1.86. The average Bonchev–Trinajstić information content (AvgIpc) is 2.12. The lowest BCUT2D eigenvalue weighted by Gasteiger charge is -2.02. The van der Waals surface area contributed by atoms with Crippen LogP contribution in [0.15, 0.2) is 24.3 Å². The molecule has 0 saturated carbocycles. The quantitative estimate of drug-likeness (QED) is 0.600. The molecule has 0 saturated heterocycles. The van der Waals surface area contributed by atoms with Crippen molar-refractivity contribution in [3.05, 3.63) is 30.1 Å². The summed E-state index contributed by atoms with van der Waals surface area (Å²) in [7, 11) is 0. The largest absolute Gasteiger partial charge is 0.398 e. The molecule has 0 aliphatic rings. The van der Waals surface area contributed by atoms with Gasteiger partial charge in [0, 0.05) is 11.1 Å². The van der Waals surface area contributed by atoms with Gasteiger partial charge in [-0.25, -0.2) is 9.37 Å². The third kappa shape index (κ3) is 1.16. The van der Waals surface area contributed by atoms with Gasteiger partial charge in [0.2, 0.25) is 0 Å². The maximum Gasteiger partial charge on any atom is 0.149 e. The maximum atomic E-state index is 13.2. The summed E-state index contributed by atoms with van der Waals surface area (Å²) in [6.45, 7) is 0. The van der Waals surface area contributed by atoms with Crippen molar-refractivity contribution in [2.24, 2.45) is 0 Å². The normalized spacial score (nSPS) is 10.5. The van der Waals surface area contributed by atoms with Crippen LogP contribution in [0, 0.1) is 5.82 Å².